The Morgan fingerprint density at radius 1 is 1.24 bits per heavy atom. The Labute approximate surface area is 119 Å². The average Bonchev–Trinajstić information content (AvgIpc) is 2.31. The number of carbonyl (C=O) groups excluding carboxylic acids is 2. The third kappa shape index (κ3) is 11.1. The maximum atomic E-state index is 10.2. The van der Waals surface area contributed by atoms with E-state index in [0.29, 0.717) is 12.2 Å². The minimum atomic E-state index is -1.43. The van der Waals surface area contributed by atoms with Crippen molar-refractivity contribution in [2.24, 2.45) is 5.92 Å². The summed E-state index contributed by atoms with van der Waals surface area (Å²) in [5, 5.41) is -0.552. The van der Waals surface area contributed by atoms with Gasteiger partial charge < -0.3 is 4.79 Å². The molecule has 2 nitrogen and oxygen atoms in total. The molecule has 0 fully saturated rings. The Bertz CT molecular complexity index is 206. The van der Waals surface area contributed by atoms with E-state index in [4.69, 9.17) is 34.8 Å². The Morgan fingerprint density at radius 3 is 1.94 bits per heavy atom. The Kier molecular flexibility index (Phi) is 13.0. The highest BCUT2D eigenvalue weighted by Crippen LogP contribution is 2.26. The van der Waals surface area contributed by atoms with Crippen molar-refractivity contribution in [1.29, 1.82) is 0 Å². The molecule has 0 saturated heterocycles. The lowest BCUT2D eigenvalue weighted by molar-refractivity contribution is -0.111. The molecule has 0 aromatic carbocycles. The molecule has 102 valence electrons. The van der Waals surface area contributed by atoms with E-state index in [1.807, 2.05) is 0 Å². The highest BCUT2D eigenvalue weighted by Gasteiger charge is 2.28. The lowest BCUT2D eigenvalue weighted by atomic mass is 10.0. The summed E-state index contributed by atoms with van der Waals surface area (Å²) in [5.41, 5.74) is 0. The van der Waals surface area contributed by atoms with E-state index < -0.39 is 9.71 Å². The van der Waals surface area contributed by atoms with Gasteiger partial charge in [-0.1, -0.05) is 49.9 Å². The molecule has 0 spiro atoms. The standard InChI is InChI=1S/C8H16O.C4H5Cl3O/c1-3-5-6-8(4-2)7-9;1-3(5)4(6,7)2-8/h7-8H,3-6H2,1-2H3;2-3H,1H3. The summed E-state index contributed by atoms with van der Waals surface area (Å²) >= 11 is 16.0. The summed E-state index contributed by atoms with van der Waals surface area (Å²) < 4.78 is -1.43. The summed E-state index contributed by atoms with van der Waals surface area (Å²) in [6, 6.07) is 0. The van der Waals surface area contributed by atoms with Gasteiger partial charge in [0.05, 0.1) is 5.38 Å². The van der Waals surface area contributed by atoms with Gasteiger partial charge in [-0.05, 0) is 19.8 Å². The molecule has 17 heavy (non-hydrogen) atoms. The largest absolute Gasteiger partial charge is 0.303 e. The van der Waals surface area contributed by atoms with E-state index in [2.05, 4.69) is 13.8 Å². The predicted octanol–water partition coefficient (Wildman–Crippen LogP) is 4.39. The first kappa shape index (κ1) is 19.5. The van der Waals surface area contributed by atoms with Crippen molar-refractivity contribution in [1.82, 2.24) is 0 Å². The predicted molar refractivity (Wildman–Crippen MR) is 75.2 cm³/mol. The number of hydrogen-bond donors (Lipinski definition) is 0. The van der Waals surface area contributed by atoms with E-state index in [1.165, 1.54) is 12.8 Å². The topological polar surface area (TPSA) is 34.1 Å². The molecule has 0 rings (SSSR count). The molecule has 2 unspecified atom stereocenters. The quantitative estimate of drug-likeness (QED) is 0.516. The zero-order valence-corrected chi connectivity index (χ0v) is 12.9. The van der Waals surface area contributed by atoms with Crippen molar-refractivity contribution in [3.05, 3.63) is 0 Å². The molecule has 0 amide bonds. The van der Waals surface area contributed by atoms with Gasteiger partial charge in [0.15, 0.2) is 10.6 Å². The molecule has 2 atom stereocenters. The summed E-state index contributed by atoms with van der Waals surface area (Å²) in [4.78, 5) is 20.2. The molecule has 0 aliphatic heterocycles. The van der Waals surface area contributed by atoms with E-state index in [1.54, 1.807) is 6.92 Å². The smallest absolute Gasteiger partial charge is 0.188 e. The van der Waals surface area contributed by atoms with Crippen LogP contribution in [0, 0.1) is 5.92 Å². The van der Waals surface area contributed by atoms with Crippen LogP contribution in [-0.2, 0) is 9.59 Å². The second kappa shape index (κ2) is 11.3. The molecule has 0 N–H and O–H groups in total. The first-order valence-electron chi connectivity index (χ1n) is 5.79. The maximum Gasteiger partial charge on any atom is 0.188 e. The van der Waals surface area contributed by atoms with Crippen LogP contribution >= 0.6 is 34.8 Å². The molecule has 0 bridgehead atoms. The monoisotopic (exact) mass is 302 g/mol. The third-order valence-electron chi connectivity index (χ3n) is 2.33. The minimum absolute atomic E-state index is 0.324. The van der Waals surface area contributed by atoms with E-state index >= 15 is 0 Å². The summed E-state index contributed by atoms with van der Waals surface area (Å²) in [7, 11) is 0. The van der Waals surface area contributed by atoms with Gasteiger partial charge in [0.25, 0.3) is 0 Å². The molecular weight excluding hydrogens is 282 g/mol. The zero-order chi connectivity index (χ0) is 13.9. The Morgan fingerprint density at radius 2 is 1.76 bits per heavy atom. The van der Waals surface area contributed by atoms with Crippen LogP contribution in [0.4, 0.5) is 0 Å². The lowest BCUT2D eigenvalue weighted by Crippen LogP contribution is -2.24. The van der Waals surface area contributed by atoms with E-state index in [9.17, 15) is 9.59 Å². The molecule has 0 saturated carbocycles. The van der Waals surface area contributed by atoms with Crippen molar-refractivity contribution in [3.63, 3.8) is 0 Å². The van der Waals surface area contributed by atoms with Gasteiger partial charge in [-0.25, -0.2) is 0 Å². The fraction of sp³-hybridized carbons (Fsp3) is 0.833. The van der Waals surface area contributed by atoms with Crippen LogP contribution in [0.3, 0.4) is 0 Å². The van der Waals surface area contributed by atoms with Gasteiger partial charge in [-0.15, -0.1) is 11.6 Å². The summed E-state index contributed by atoms with van der Waals surface area (Å²) in [6.45, 7) is 5.77. The van der Waals surface area contributed by atoms with Gasteiger partial charge in [-0.3, -0.25) is 4.79 Å². The SMILES string of the molecule is CC(Cl)C(Cl)(Cl)C=O.CCCCC(C=O)CC. The number of rotatable bonds is 7. The second-order valence-electron chi connectivity index (χ2n) is 3.86. The Balaban J connectivity index is 0. The van der Waals surface area contributed by atoms with Gasteiger partial charge in [0, 0.05) is 5.92 Å². The number of carbonyl (C=O) groups is 2. The summed E-state index contributed by atoms with van der Waals surface area (Å²) in [5.74, 6) is 0.324. The highest BCUT2D eigenvalue weighted by atomic mass is 35.5. The van der Waals surface area contributed by atoms with Crippen LogP contribution in [-0.4, -0.2) is 22.3 Å². The molecular formula is C12H21Cl3O2. The fourth-order valence-electron chi connectivity index (χ4n) is 0.928. The van der Waals surface area contributed by atoms with Crippen LogP contribution in [0.1, 0.15) is 46.5 Å². The van der Waals surface area contributed by atoms with Crippen molar-refractivity contribution >= 4 is 47.4 Å². The maximum absolute atomic E-state index is 10.2. The summed E-state index contributed by atoms with van der Waals surface area (Å²) in [6.07, 6.45) is 5.96. The van der Waals surface area contributed by atoms with Gasteiger partial charge in [0.2, 0.25) is 0 Å². The normalized spacial score (nSPS) is 14.2. The molecule has 0 aromatic rings. The first-order chi connectivity index (χ1) is 7.85. The van der Waals surface area contributed by atoms with Crippen LogP contribution in [0.15, 0.2) is 0 Å². The molecule has 0 aliphatic carbocycles. The van der Waals surface area contributed by atoms with Crippen LogP contribution < -0.4 is 0 Å². The van der Waals surface area contributed by atoms with Gasteiger partial charge >= 0.3 is 0 Å². The number of alkyl halides is 3. The van der Waals surface area contributed by atoms with Crippen molar-refractivity contribution in [3.8, 4) is 0 Å². The van der Waals surface area contributed by atoms with Crippen molar-refractivity contribution < 1.29 is 9.59 Å². The molecule has 0 radical (unpaired) electrons. The van der Waals surface area contributed by atoms with Crippen LogP contribution in [0.5, 0.6) is 0 Å². The number of aldehydes is 2. The van der Waals surface area contributed by atoms with E-state index in [0.717, 1.165) is 19.1 Å². The average molecular weight is 304 g/mol. The van der Waals surface area contributed by atoms with E-state index in [-0.39, 0.29) is 0 Å². The molecule has 5 heteroatoms. The second-order valence-corrected chi connectivity index (χ2v) is 5.95. The molecule has 0 aliphatic rings. The number of hydrogen-bond acceptors (Lipinski definition) is 2. The van der Waals surface area contributed by atoms with Gasteiger partial charge in [-0.2, -0.15) is 0 Å². The minimum Gasteiger partial charge on any atom is -0.303 e. The molecule has 0 heterocycles. The Hall–Kier alpha value is 0.210. The number of unbranched alkanes of at least 4 members (excludes halogenated alkanes) is 1. The first-order valence-corrected chi connectivity index (χ1v) is 6.98. The van der Waals surface area contributed by atoms with Crippen molar-refractivity contribution in [2.75, 3.05) is 0 Å². The zero-order valence-electron chi connectivity index (χ0n) is 10.6. The van der Waals surface area contributed by atoms with Crippen LogP contribution in [0.2, 0.25) is 0 Å². The third-order valence-corrected chi connectivity index (χ3v) is 3.73. The van der Waals surface area contributed by atoms with Crippen LogP contribution in [0.25, 0.3) is 0 Å². The van der Waals surface area contributed by atoms with Gasteiger partial charge in [0.1, 0.15) is 6.29 Å². The fourth-order valence-corrected chi connectivity index (χ4v) is 0.980. The molecule has 0 aromatic heterocycles. The lowest BCUT2D eigenvalue weighted by Gasteiger charge is -2.12. The highest BCUT2D eigenvalue weighted by molar-refractivity contribution is 6.59. The van der Waals surface area contributed by atoms with Crippen molar-refractivity contribution in [2.45, 2.75) is 56.2 Å². The number of halogens is 3.